The van der Waals surface area contributed by atoms with Crippen LogP contribution in [0.1, 0.15) is 6.42 Å². The van der Waals surface area contributed by atoms with E-state index < -0.39 is 44.8 Å². The average Bonchev–Trinajstić information content (AvgIpc) is 2.40. The first-order valence-corrected chi connectivity index (χ1v) is 6.12. The molecule has 9 heteroatoms. The molecule has 0 aliphatic heterocycles. The minimum Gasteiger partial charge on any atom is -0.393 e. The molecule has 1 saturated carbocycles. The standard InChI is InChI=1S/C7H15O8P/c8-3-7(11)1-4(5(9)6(7)10)2-15-16(12,13)14/h4-6,8-11H,1-3H2,(H2,12,13,14)/t4-,5-,6+,7+/m1/s1. The molecule has 0 spiro atoms. The lowest BCUT2D eigenvalue weighted by molar-refractivity contribution is -0.111. The number of aliphatic hydroxyl groups is 4. The van der Waals surface area contributed by atoms with Crippen LogP contribution in [0.25, 0.3) is 0 Å². The second-order valence-corrected chi connectivity index (χ2v) is 5.19. The Labute approximate surface area is 91.4 Å². The maximum Gasteiger partial charge on any atom is 0.469 e. The van der Waals surface area contributed by atoms with Gasteiger partial charge in [-0.3, -0.25) is 4.52 Å². The van der Waals surface area contributed by atoms with E-state index in [4.69, 9.17) is 14.9 Å². The molecule has 1 fully saturated rings. The van der Waals surface area contributed by atoms with Crippen molar-refractivity contribution in [2.45, 2.75) is 24.2 Å². The lowest BCUT2D eigenvalue weighted by Crippen LogP contribution is -2.45. The summed E-state index contributed by atoms with van der Waals surface area (Å²) in [6, 6.07) is 0. The molecule has 0 radical (unpaired) electrons. The molecule has 16 heavy (non-hydrogen) atoms. The first kappa shape index (κ1) is 14.0. The van der Waals surface area contributed by atoms with Gasteiger partial charge in [-0.15, -0.1) is 0 Å². The fourth-order valence-corrected chi connectivity index (χ4v) is 2.17. The second-order valence-electron chi connectivity index (χ2n) is 3.95. The molecule has 1 aliphatic rings. The molecule has 8 nitrogen and oxygen atoms in total. The Morgan fingerprint density at radius 1 is 1.38 bits per heavy atom. The Morgan fingerprint density at radius 2 is 1.94 bits per heavy atom. The van der Waals surface area contributed by atoms with Crippen LogP contribution in [0.15, 0.2) is 0 Å². The highest BCUT2D eigenvalue weighted by Gasteiger charge is 2.51. The van der Waals surface area contributed by atoms with Gasteiger partial charge >= 0.3 is 7.82 Å². The quantitative estimate of drug-likeness (QED) is 0.305. The number of phosphoric ester groups is 1. The predicted octanol–water partition coefficient (Wildman–Crippen LogP) is -2.44. The smallest absolute Gasteiger partial charge is 0.393 e. The molecule has 0 saturated heterocycles. The largest absolute Gasteiger partial charge is 0.469 e. The SMILES string of the molecule is O=P(O)(O)OC[C@H]1C[C@](O)(CO)[C@@H](O)[C@@H]1O. The van der Waals surface area contributed by atoms with Crippen LogP contribution in [0.3, 0.4) is 0 Å². The van der Waals surface area contributed by atoms with Gasteiger partial charge < -0.3 is 30.2 Å². The summed E-state index contributed by atoms with van der Waals surface area (Å²) < 4.78 is 14.6. The van der Waals surface area contributed by atoms with E-state index in [-0.39, 0.29) is 6.42 Å². The Kier molecular flexibility index (Phi) is 4.09. The molecule has 0 unspecified atom stereocenters. The van der Waals surface area contributed by atoms with Crippen molar-refractivity contribution in [3.63, 3.8) is 0 Å². The molecule has 0 bridgehead atoms. The molecular formula is C7H15O8P. The lowest BCUT2D eigenvalue weighted by atomic mass is 10.0. The highest BCUT2D eigenvalue weighted by atomic mass is 31.2. The topological polar surface area (TPSA) is 148 Å². The summed E-state index contributed by atoms with van der Waals surface area (Å²) >= 11 is 0. The van der Waals surface area contributed by atoms with Gasteiger partial charge in [-0.2, -0.15) is 0 Å². The molecule has 0 aromatic heterocycles. The summed E-state index contributed by atoms with van der Waals surface area (Å²) in [5, 5.41) is 37.3. The molecule has 0 aromatic carbocycles. The highest BCUT2D eigenvalue weighted by molar-refractivity contribution is 7.46. The van der Waals surface area contributed by atoms with Crippen molar-refractivity contribution in [1.82, 2.24) is 0 Å². The summed E-state index contributed by atoms with van der Waals surface area (Å²) in [4.78, 5) is 16.9. The Bertz CT molecular complexity index is 290. The van der Waals surface area contributed by atoms with E-state index in [0.717, 1.165) is 0 Å². The van der Waals surface area contributed by atoms with E-state index in [0.29, 0.717) is 0 Å². The van der Waals surface area contributed by atoms with Gasteiger partial charge in [0.05, 0.1) is 19.3 Å². The number of rotatable bonds is 4. The van der Waals surface area contributed by atoms with Crippen LogP contribution in [0.4, 0.5) is 0 Å². The van der Waals surface area contributed by atoms with E-state index in [1.165, 1.54) is 0 Å². The van der Waals surface area contributed by atoms with Gasteiger partial charge in [0.2, 0.25) is 0 Å². The van der Waals surface area contributed by atoms with Gasteiger partial charge in [-0.1, -0.05) is 0 Å². The van der Waals surface area contributed by atoms with E-state index in [1.54, 1.807) is 0 Å². The van der Waals surface area contributed by atoms with Crippen LogP contribution in [-0.2, 0) is 9.09 Å². The summed E-state index contributed by atoms with van der Waals surface area (Å²) in [5.74, 6) is -0.847. The fraction of sp³-hybridized carbons (Fsp3) is 1.00. The molecule has 6 N–H and O–H groups in total. The van der Waals surface area contributed by atoms with E-state index in [2.05, 4.69) is 4.52 Å². The van der Waals surface area contributed by atoms with Crippen molar-refractivity contribution < 1.29 is 39.3 Å². The van der Waals surface area contributed by atoms with Crippen molar-refractivity contribution in [3.05, 3.63) is 0 Å². The Hall–Kier alpha value is -0.0500. The molecule has 1 rings (SSSR count). The van der Waals surface area contributed by atoms with Gasteiger partial charge in [0.15, 0.2) is 0 Å². The minimum absolute atomic E-state index is 0.203. The van der Waals surface area contributed by atoms with Crippen LogP contribution < -0.4 is 0 Å². The van der Waals surface area contributed by atoms with Gasteiger partial charge in [0.1, 0.15) is 11.7 Å². The van der Waals surface area contributed by atoms with Crippen LogP contribution in [0.2, 0.25) is 0 Å². The first-order chi connectivity index (χ1) is 7.19. The molecule has 96 valence electrons. The number of hydrogen-bond donors (Lipinski definition) is 6. The third-order valence-electron chi connectivity index (χ3n) is 2.70. The molecule has 0 amide bonds. The van der Waals surface area contributed by atoms with Crippen LogP contribution in [-0.4, -0.2) is 61.2 Å². The zero-order valence-corrected chi connectivity index (χ0v) is 9.19. The average molecular weight is 258 g/mol. The van der Waals surface area contributed by atoms with Crippen molar-refractivity contribution in [3.8, 4) is 0 Å². The number of aliphatic hydroxyl groups excluding tert-OH is 3. The van der Waals surface area contributed by atoms with Gasteiger partial charge in [0, 0.05) is 5.92 Å². The predicted molar refractivity (Wildman–Crippen MR) is 50.2 cm³/mol. The van der Waals surface area contributed by atoms with Crippen LogP contribution in [0.5, 0.6) is 0 Å². The molecule has 1 aliphatic carbocycles. The molecule has 0 heterocycles. The summed E-state index contributed by atoms with van der Waals surface area (Å²) in [5.41, 5.74) is -1.86. The summed E-state index contributed by atoms with van der Waals surface area (Å²) in [6.07, 6.45) is -3.17. The van der Waals surface area contributed by atoms with E-state index in [1.807, 2.05) is 0 Å². The van der Waals surface area contributed by atoms with Crippen LogP contribution in [0, 0.1) is 5.92 Å². The van der Waals surface area contributed by atoms with Gasteiger partial charge in [0.25, 0.3) is 0 Å². The van der Waals surface area contributed by atoms with E-state index in [9.17, 15) is 19.9 Å². The van der Waals surface area contributed by atoms with Gasteiger partial charge in [-0.05, 0) is 6.42 Å². The highest BCUT2D eigenvalue weighted by Crippen LogP contribution is 2.41. The summed E-state index contributed by atoms with van der Waals surface area (Å²) in [7, 11) is -4.65. The van der Waals surface area contributed by atoms with Crippen LogP contribution >= 0.6 is 7.82 Å². The normalized spacial score (nSPS) is 40.2. The fourth-order valence-electron chi connectivity index (χ4n) is 1.78. The maximum absolute atomic E-state index is 10.4. The maximum atomic E-state index is 10.4. The Morgan fingerprint density at radius 3 is 2.31 bits per heavy atom. The van der Waals surface area contributed by atoms with Crippen molar-refractivity contribution >= 4 is 7.82 Å². The third-order valence-corrected chi connectivity index (χ3v) is 3.19. The number of hydrogen-bond acceptors (Lipinski definition) is 6. The summed E-state index contributed by atoms with van der Waals surface area (Å²) in [6.45, 7) is -1.26. The molecule has 0 aromatic rings. The van der Waals surface area contributed by atoms with Crippen molar-refractivity contribution in [1.29, 1.82) is 0 Å². The zero-order valence-electron chi connectivity index (χ0n) is 8.30. The first-order valence-electron chi connectivity index (χ1n) is 4.59. The zero-order chi connectivity index (χ0) is 12.6. The van der Waals surface area contributed by atoms with Crippen molar-refractivity contribution in [2.75, 3.05) is 13.2 Å². The minimum atomic E-state index is -4.65. The molecule has 4 atom stereocenters. The Balaban J connectivity index is 2.61. The third kappa shape index (κ3) is 2.99. The lowest BCUT2D eigenvalue weighted by Gasteiger charge is -2.24. The van der Waals surface area contributed by atoms with Gasteiger partial charge in [-0.25, -0.2) is 4.57 Å². The molecular weight excluding hydrogens is 243 g/mol. The second kappa shape index (κ2) is 4.67. The van der Waals surface area contributed by atoms with Crippen molar-refractivity contribution in [2.24, 2.45) is 5.92 Å². The monoisotopic (exact) mass is 258 g/mol. The van der Waals surface area contributed by atoms with E-state index >= 15 is 0 Å². The number of phosphoric acid groups is 1.